The van der Waals surface area contributed by atoms with E-state index in [0.717, 1.165) is 12.1 Å². The van der Waals surface area contributed by atoms with Gasteiger partial charge in [-0.25, -0.2) is 0 Å². The predicted molar refractivity (Wildman–Crippen MR) is 72.2 cm³/mol. The number of nitrogens with one attached hydrogen (secondary N) is 2. The Balaban J connectivity index is 2.34. The van der Waals surface area contributed by atoms with E-state index in [1.807, 2.05) is 0 Å². The molecule has 0 spiro atoms. The summed E-state index contributed by atoms with van der Waals surface area (Å²) in [7, 11) is 3.19. The first-order chi connectivity index (χ1) is 9.81. The number of benzene rings is 1. The Morgan fingerprint density at radius 2 is 2.00 bits per heavy atom. The summed E-state index contributed by atoms with van der Waals surface area (Å²) in [4.78, 5) is 12.1. The second-order valence-corrected chi connectivity index (χ2v) is 4.34. The van der Waals surface area contributed by atoms with Crippen molar-refractivity contribution in [1.82, 2.24) is 9.78 Å². The number of nitrogens with zero attached hydrogens (tertiary/aromatic N) is 2. The molecule has 0 saturated carbocycles. The predicted octanol–water partition coefficient (Wildman–Crippen LogP) is 2.73. The van der Waals surface area contributed by atoms with Gasteiger partial charge in [0.1, 0.15) is 0 Å². The van der Waals surface area contributed by atoms with Crippen LogP contribution in [0, 0.1) is 0 Å². The van der Waals surface area contributed by atoms with E-state index >= 15 is 0 Å². The Hall–Kier alpha value is -2.51. The summed E-state index contributed by atoms with van der Waals surface area (Å²) in [6.45, 7) is 0. The number of aryl methyl sites for hydroxylation is 1. The Morgan fingerprint density at radius 1 is 1.29 bits per heavy atom. The lowest BCUT2D eigenvalue weighted by molar-refractivity contribution is -0.137. The molecule has 0 radical (unpaired) electrons. The fourth-order valence-corrected chi connectivity index (χ4v) is 1.79. The topological polar surface area (TPSA) is 59.0 Å². The highest BCUT2D eigenvalue weighted by Gasteiger charge is 2.31. The zero-order valence-electron chi connectivity index (χ0n) is 11.3. The second-order valence-electron chi connectivity index (χ2n) is 4.34. The minimum absolute atomic E-state index is 0.0991. The molecule has 1 heterocycles. The highest BCUT2D eigenvalue weighted by Crippen LogP contribution is 2.32. The quantitative estimate of drug-likeness (QED) is 0.916. The van der Waals surface area contributed by atoms with Crippen LogP contribution in [0.2, 0.25) is 0 Å². The van der Waals surface area contributed by atoms with Crippen LogP contribution in [0.25, 0.3) is 0 Å². The minimum Gasteiger partial charge on any atom is -0.387 e. The highest BCUT2D eigenvalue weighted by molar-refractivity contribution is 6.07. The number of carbonyl (C=O) groups excluding carboxylic acids is 1. The molecule has 1 amide bonds. The molecule has 0 atom stereocenters. The van der Waals surface area contributed by atoms with E-state index < -0.39 is 17.6 Å². The summed E-state index contributed by atoms with van der Waals surface area (Å²) in [6.07, 6.45) is -2.90. The maximum atomic E-state index is 12.7. The third kappa shape index (κ3) is 3.33. The largest absolute Gasteiger partial charge is 0.416 e. The van der Waals surface area contributed by atoms with Gasteiger partial charge >= 0.3 is 6.18 Å². The third-order valence-electron chi connectivity index (χ3n) is 2.82. The number of hydrogen-bond acceptors (Lipinski definition) is 3. The molecule has 112 valence electrons. The molecule has 0 aliphatic carbocycles. The number of hydrogen-bond donors (Lipinski definition) is 2. The molecular formula is C13H13F3N4O. The van der Waals surface area contributed by atoms with Crippen molar-refractivity contribution in [2.45, 2.75) is 6.18 Å². The molecule has 21 heavy (non-hydrogen) atoms. The molecule has 0 saturated heterocycles. The van der Waals surface area contributed by atoms with Crippen LogP contribution in [-0.4, -0.2) is 22.7 Å². The minimum atomic E-state index is -4.51. The molecule has 2 rings (SSSR count). The van der Waals surface area contributed by atoms with Gasteiger partial charge in [-0.05, 0) is 18.2 Å². The fraction of sp³-hybridized carbons (Fsp3) is 0.231. The van der Waals surface area contributed by atoms with Gasteiger partial charge in [0.05, 0.1) is 11.1 Å². The molecular weight excluding hydrogens is 285 g/mol. The molecule has 0 fully saturated rings. The molecule has 0 aliphatic heterocycles. The van der Waals surface area contributed by atoms with Gasteiger partial charge < -0.3 is 10.6 Å². The number of alkyl halides is 3. The number of carbonyl (C=O) groups is 1. The van der Waals surface area contributed by atoms with E-state index in [1.54, 1.807) is 19.3 Å². The van der Waals surface area contributed by atoms with Crippen LogP contribution >= 0.6 is 0 Å². The van der Waals surface area contributed by atoms with Crippen LogP contribution in [0.5, 0.6) is 0 Å². The monoisotopic (exact) mass is 298 g/mol. The van der Waals surface area contributed by atoms with Crippen LogP contribution in [0.15, 0.2) is 30.5 Å². The van der Waals surface area contributed by atoms with Crippen LogP contribution in [-0.2, 0) is 13.2 Å². The Morgan fingerprint density at radius 3 is 2.52 bits per heavy atom. The standard InChI is InChI=1S/C13H13F3N4O/c1-17-10-4-3-8(13(14,15)16)7-9(10)12(21)18-11-5-6-20(2)19-11/h3-7,17H,1-2H3,(H,18,19,21). The summed E-state index contributed by atoms with van der Waals surface area (Å²) < 4.78 is 39.7. The van der Waals surface area contributed by atoms with Crippen molar-refractivity contribution >= 4 is 17.4 Å². The first kappa shape index (κ1) is 14.9. The first-order valence-electron chi connectivity index (χ1n) is 6.01. The van der Waals surface area contributed by atoms with Crippen molar-refractivity contribution in [2.24, 2.45) is 7.05 Å². The number of amides is 1. The lowest BCUT2D eigenvalue weighted by Gasteiger charge is -2.12. The van der Waals surface area contributed by atoms with Crippen LogP contribution in [0.3, 0.4) is 0 Å². The lowest BCUT2D eigenvalue weighted by Crippen LogP contribution is -2.16. The van der Waals surface area contributed by atoms with Gasteiger partial charge in [-0.3, -0.25) is 9.48 Å². The molecule has 0 aliphatic rings. The molecule has 2 aromatic rings. The van der Waals surface area contributed by atoms with Crippen molar-refractivity contribution in [3.8, 4) is 0 Å². The van der Waals surface area contributed by atoms with Crippen LogP contribution < -0.4 is 10.6 Å². The number of aromatic nitrogens is 2. The van der Waals surface area contributed by atoms with E-state index in [-0.39, 0.29) is 11.4 Å². The van der Waals surface area contributed by atoms with Crippen molar-refractivity contribution < 1.29 is 18.0 Å². The molecule has 8 heteroatoms. The van der Waals surface area contributed by atoms with Crippen molar-refractivity contribution in [3.63, 3.8) is 0 Å². The first-order valence-corrected chi connectivity index (χ1v) is 6.01. The lowest BCUT2D eigenvalue weighted by atomic mass is 10.1. The molecule has 0 bridgehead atoms. The number of halogens is 3. The van der Waals surface area contributed by atoms with E-state index in [1.165, 1.54) is 17.8 Å². The summed E-state index contributed by atoms with van der Waals surface area (Å²) in [5.74, 6) is -0.397. The number of rotatable bonds is 3. The van der Waals surface area contributed by atoms with Crippen LogP contribution in [0.4, 0.5) is 24.7 Å². The van der Waals surface area contributed by atoms with Crippen molar-refractivity contribution in [2.75, 3.05) is 17.7 Å². The fourth-order valence-electron chi connectivity index (χ4n) is 1.79. The summed E-state index contributed by atoms with van der Waals surface area (Å²) in [5, 5.41) is 9.09. The Labute approximate surface area is 118 Å². The van der Waals surface area contributed by atoms with Crippen LogP contribution in [0.1, 0.15) is 15.9 Å². The van der Waals surface area contributed by atoms with Crippen molar-refractivity contribution in [3.05, 3.63) is 41.6 Å². The summed E-state index contributed by atoms with van der Waals surface area (Å²) >= 11 is 0. The van der Waals surface area contributed by atoms with E-state index in [4.69, 9.17) is 0 Å². The molecule has 1 aromatic heterocycles. The Kier molecular flexibility index (Phi) is 3.88. The van der Waals surface area contributed by atoms with Gasteiger partial charge in [0.15, 0.2) is 5.82 Å². The molecule has 0 unspecified atom stereocenters. The van der Waals surface area contributed by atoms with E-state index in [2.05, 4.69) is 15.7 Å². The average molecular weight is 298 g/mol. The summed E-state index contributed by atoms with van der Waals surface area (Å²) in [6, 6.07) is 4.49. The maximum absolute atomic E-state index is 12.7. The number of anilines is 2. The zero-order chi connectivity index (χ0) is 15.6. The van der Waals surface area contributed by atoms with E-state index in [0.29, 0.717) is 5.69 Å². The summed E-state index contributed by atoms with van der Waals surface area (Å²) in [5.41, 5.74) is -0.679. The maximum Gasteiger partial charge on any atom is 0.416 e. The van der Waals surface area contributed by atoms with Crippen molar-refractivity contribution in [1.29, 1.82) is 0 Å². The van der Waals surface area contributed by atoms with Gasteiger partial charge in [0.2, 0.25) is 0 Å². The van der Waals surface area contributed by atoms with Gasteiger partial charge in [-0.2, -0.15) is 18.3 Å². The SMILES string of the molecule is CNc1ccc(C(F)(F)F)cc1C(=O)Nc1ccn(C)n1. The molecule has 5 nitrogen and oxygen atoms in total. The second kappa shape index (κ2) is 5.47. The molecule has 1 aromatic carbocycles. The third-order valence-corrected chi connectivity index (χ3v) is 2.82. The normalized spacial score (nSPS) is 11.3. The van der Waals surface area contributed by atoms with Gasteiger partial charge in [0, 0.05) is 32.0 Å². The molecule has 2 N–H and O–H groups in total. The van der Waals surface area contributed by atoms with Gasteiger partial charge in [-0.1, -0.05) is 0 Å². The Bertz CT molecular complexity index is 664. The average Bonchev–Trinajstić information content (AvgIpc) is 2.82. The van der Waals surface area contributed by atoms with E-state index in [9.17, 15) is 18.0 Å². The smallest absolute Gasteiger partial charge is 0.387 e. The highest BCUT2D eigenvalue weighted by atomic mass is 19.4. The van der Waals surface area contributed by atoms with Gasteiger partial charge in [0.25, 0.3) is 5.91 Å². The zero-order valence-corrected chi connectivity index (χ0v) is 11.3. The van der Waals surface area contributed by atoms with Gasteiger partial charge in [-0.15, -0.1) is 0 Å².